The molecule has 9 nitrogen and oxygen atoms in total. The molecule has 9 heteroatoms. The highest BCUT2D eigenvalue weighted by molar-refractivity contribution is 6.05. The largest absolute Gasteiger partial charge is 0.495 e. The van der Waals surface area contributed by atoms with Crippen LogP contribution in [0.2, 0.25) is 0 Å². The minimum Gasteiger partial charge on any atom is -0.495 e. The van der Waals surface area contributed by atoms with Crippen LogP contribution in [-0.4, -0.2) is 46.1 Å². The number of nitrogens with one attached hydrogen (secondary N) is 2. The summed E-state index contributed by atoms with van der Waals surface area (Å²) in [5.74, 6) is 0.705. The number of rotatable bonds is 7. The van der Waals surface area contributed by atoms with Crippen molar-refractivity contribution in [2.75, 3.05) is 24.8 Å². The number of nitrogens with zero attached hydrogens (tertiary/aromatic N) is 3. The number of benzene rings is 1. The fourth-order valence-electron chi connectivity index (χ4n) is 4.07. The van der Waals surface area contributed by atoms with Gasteiger partial charge in [-0.2, -0.15) is 0 Å². The quantitative estimate of drug-likeness (QED) is 0.362. The standard InChI is InChI=1S/C26H23N5O4/c1-27-24-20-13-29-22(31-25(32)14-6-7-14)10-18(20)19(12-30-24)17-5-3-4-16(23(17)35-2)15-8-9-21(26(33)34)28-11-15/h3-5,8-14H,6-7H2,1-2H3,(H,27,30)(H,33,34)(H,29,31,32). The van der Waals surface area contributed by atoms with Gasteiger partial charge in [0.2, 0.25) is 5.91 Å². The lowest BCUT2D eigenvalue weighted by Crippen LogP contribution is -2.14. The predicted octanol–water partition coefficient (Wildman–Crippen LogP) is 4.46. The number of amides is 1. The summed E-state index contributed by atoms with van der Waals surface area (Å²) in [7, 11) is 3.38. The van der Waals surface area contributed by atoms with E-state index in [0.717, 1.165) is 45.9 Å². The number of carboxylic acid groups (broad SMARTS) is 1. The second-order valence-electron chi connectivity index (χ2n) is 8.27. The monoisotopic (exact) mass is 469 g/mol. The van der Waals surface area contributed by atoms with Crippen molar-refractivity contribution in [1.82, 2.24) is 15.0 Å². The van der Waals surface area contributed by atoms with Gasteiger partial charge in [-0.1, -0.05) is 24.3 Å². The second-order valence-corrected chi connectivity index (χ2v) is 8.27. The first-order valence-electron chi connectivity index (χ1n) is 11.1. The predicted molar refractivity (Wildman–Crippen MR) is 133 cm³/mol. The molecule has 1 saturated carbocycles. The van der Waals surface area contributed by atoms with Gasteiger partial charge in [-0.05, 0) is 25.0 Å². The third-order valence-electron chi connectivity index (χ3n) is 6.01. The van der Waals surface area contributed by atoms with E-state index in [9.17, 15) is 9.59 Å². The topological polar surface area (TPSA) is 126 Å². The first-order chi connectivity index (χ1) is 17.0. The van der Waals surface area contributed by atoms with Crippen LogP contribution in [-0.2, 0) is 4.79 Å². The summed E-state index contributed by atoms with van der Waals surface area (Å²) in [4.78, 5) is 36.5. The van der Waals surface area contributed by atoms with Gasteiger partial charge in [0.15, 0.2) is 0 Å². The van der Waals surface area contributed by atoms with Crippen molar-refractivity contribution >= 4 is 34.3 Å². The molecule has 176 valence electrons. The molecule has 0 saturated heterocycles. The van der Waals surface area contributed by atoms with Crippen LogP contribution in [0.1, 0.15) is 23.3 Å². The number of para-hydroxylation sites is 1. The van der Waals surface area contributed by atoms with Crippen LogP contribution in [0, 0.1) is 5.92 Å². The molecular formula is C26H23N5O4. The van der Waals surface area contributed by atoms with E-state index in [1.807, 2.05) is 24.3 Å². The Bertz CT molecular complexity index is 1450. The highest BCUT2D eigenvalue weighted by Crippen LogP contribution is 2.42. The molecule has 0 bridgehead atoms. The molecule has 0 aliphatic heterocycles. The Kier molecular flexibility index (Phi) is 5.74. The zero-order valence-corrected chi connectivity index (χ0v) is 19.2. The Morgan fingerprint density at radius 1 is 0.971 bits per heavy atom. The molecule has 1 fully saturated rings. The molecule has 1 aromatic carbocycles. The van der Waals surface area contributed by atoms with Crippen LogP contribution in [0.3, 0.4) is 0 Å². The van der Waals surface area contributed by atoms with Gasteiger partial charge in [-0.25, -0.2) is 19.7 Å². The van der Waals surface area contributed by atoms with Crippen LogP contribution < -0.4 is 15.4 Å². The minimum absolute atomic E-state index is 0.0156. The highest BCUT2D eigenvalue weighted by atomic mass is 16.5. The van der Waals surface area contributed by atoms with Gasteiger partial charge in [0.25, 0.3) is 0 Å². The number of hydrogen-bond acceptors (Lipinski definition) is 7. The first-order valence-corrected chi connectivity index (χ1v) is 11.1. The average Bonchev–Trinajstić information content (AvgIpc) is 3.73. The Labute approximate surface area is 201 Å². The van der Waals surface area contributed by atoms with Gasteiger partial charge in [0.1, 0.15) is 23.1 Å². The van der Waals surface area contributed by atoms with E-state index in [0.29, 0.717) is 17.4 Å². The molecule has 0 atom stereocenters. The molecule has 3 N–H and O–H groups in total. The second kappa shape index (κ2) is 9.02. The lowest BCUT2D eigenvalue weighted by Gasteiger charge is -2.17. The Hall–Kier alpha value is -4.53. The van der Waals surface area contributed by atoms with Crippen molar-refractivity contribution in [2.24, 2.45) is 5.92 Å². The third kappa shape index (κ3) is 4.23. The van der Waals surface area contributed by atoms with E-state index in [1.54, 1.807) is 32.6 Å². The lowest BCUT2D eigenvalue weighted by molar-refractivity contribution is -0.117. The third-order valence-corrected chi connectivity index (χ3v) is 6.01. The summed E-state index contributed by atoms with van der Waals surface area (Å²) in [6.45, 7) is 0. The smallest absolute Gasteiger partial charge is 0.354 e. The summed E-state index contributed by atoms with van der Waals surface area (Å²) in [5.41, 5.74) is 3.04. The summed E-state index contributed by atoms with van der Waals surface area (Å²) < 4.78 is 5.83. The molecule has 4 aromatic rings. The van der Waals surface area contributed by atoms with Gasteiger partial charge in [-0.15, -0.1) is 0 Å². The fourth-order valence-corrected chi connectivity index (χ4v) is 4.07. The van der Waals surface area contributed by atoms with Gasteiger partial charge in [-0.3, -0.25) is 4.79 Å². The number of carbonyl (C=O) groups is 2. The van der Waals surface area contributed by atoms with Gasteiger partial charge in [0.05, 0.1) is 7.11 Å². The molecule has 5 rings (SSSR count). The number of aromatic carboxylic acids is 1. The van der Waals surface area contributed by atoms with Crippen molar-refractivity contribution in [3.05, 3.63) is 60.7 Å². The highest BCUT2D eigenvalue weighted by Gasteiger charge is 2.30. The Morgan fingerprint density at radius 2 is 1.77 bits per heavy atom. The summed E-state index contributed by atoms with van der Waals surface area (Å²) >= 11 is 0. The van der Waals surface area contributed by atoms with Crippen molar-refractivity contribution in [1.29, 1.82) is 0 Å². The molecule has 3 heterocycles. The van der Waals surface area contributed by atoms with Gasteiger partial charge >= 0.3 is 5.97 Å². The number of fused-ring (bicyclic) bond motifs is 1. The number of anilines is 2. The fraction of sp³-hybridized carbons (Fsp3) is 0.192. The summed E-state index contributed by atoms with van der Waals surface area (Å²) in [5, 5.41) is 16.8. The van der Waals surface area contributed by atoms with E-state index in [2.05, 4.69) is 25.6 Å². The van der Waals surface area contributed by atoms with E-state index >= 15 is 0 Å². The maximum absolute atomic E-state index is 12.3. The van der Waals surface area contributed by atoms with Crippen molar-refractivity contribution in [2.45, 2.75) is 12.8 Å². The van der Waals surface area contributed by atoms with Gasteiger partial charge in [0, 0.05) is 64.6 Å². The van der Waals surface area contributed by atoms with Crippen LogP contribution in [0.15, 0.2) is 55.0 Å². The van der Waals surface area contributed by atoms with Crippen LogP contribution in [0.5, 0.6) is 5.75 Å². The van der Waals surface area contributed by atoms with E-state index in [-0.39, 0.29) is 17.5 Å². The van der Waals surface area contributed by atoms with Crippen molar-refractivity contribution in [3.8, 4) is 28.0 Å². The molecule has 0 radical (unpaired) electrons. The molecule has 0 unspecified atom stereocenters. The first kappa shape index (κ1) is 22.3. The van der Waals surface area contributed by atoms with E-state index in [1.165, 1.54) is 12.3 Å². The molecule has 1 aliphatic rings. The summed E-state index contributed by atoms with van der Waals surface area (Å²) in [6.07, 6.45) is 6.79. The maximum atomic E-state index is 12.3. The summed E-state index contributed by atoms with van der Waals surface area (Å²) in [6, 6.07) is 10.7. The van der Waals surface area contributed by atoms with Crippen LogP contribution >= 0.6 is 0 Å². The molecular weight excluding hydrogens is 446 g/mol. The average molecular weight is 470 g/mol. The number of pyridine rings is 3. The molecule has 0 spiro atoms. The number of carbonyl (C=O) groups excluding carboxylic acids is 1. The van der Waals surface area contributed by atoms with Crippen molar-refractivity contribution in [3.63, 3.8) is 0 Å². The number of hydrogen-bond donors (Lipinski definition) is 3. The number of carboxylic acids is 1. The molecule has 1 aliphatic carbocycles. The zero-order valence-electron chi connectivity index (χ0n) is 19.2. The number of methoxy groups -OCH3 is 1. The Balaban J connectivity index is 1.65. The van der Waals surface area contributed by atoms with Gasteiger partial charge < -0.3 is 20.5 Å². The normalized spacial score (nSPS) is 12.9. The molecule has 3 aromatic heterocycles. The number of aromatic nitrogens is 3. The van der Waals surface area contributed by atoms with E-state index in [4.69, 9.17) is 9.84 Å². The van der Waals surface area contributed by atoms with Crippen LogP contribution in [0.4, 0.5) is 11.6 Å². The SMILES string of the molecule is CNc1ncc(-c2cccc(-c3ccc(C(=O)O)nc3)c2OC)c2cc(NC(=O)C3CC3)ncc12. The zero-order chi connectivity index (χ0) is 24.5. The lowest BCUT2D eigenvalue weighted by atomic mass is 9.96. The molecule has 35 heavy (non-hydrogen) atoms. The Morgan fingerprint density at radius 3 is 2.43 bits per heavy atom. The molecule has 1 amide bonds. The van der Waals surface area contributed by atoms with E-state index < -0.39 is 5.97 Å². The maximum Gasteiger partial charge on any atom is 0.354 e. The number of ether oxygens (including phenoxy) is 1. The minimum atomic E-state index is -1.09. The van der Waals surface area contributed by atoms with Crippen molar-refractivity contribution < 1.29 is 19.4 Å². The van der Waals surface area contributed by atoms with Crippen LogP contribution in [0.25, 0.3) is 33.0 Å².